The minimum absolute atomic E-state index is 0.121. The normalized spacial score (nSPS) is 11.0. The van der Waals surface area contributed by atoms with Crippen molar-refractivity contribution >= 4 is 17.7 Å². The monoisotopic (exact) mass is 395 g/mol. The third-order valence-electron chi connectivity index (χ3n) is 4.36. The number of thioether (sulfide) groups is 1. The van der Waals surface area contributed by atoms with Crippen LogP contribution in [0.1, 0.15) is 16.2 Å². The van der Waals surface area contributed by atoms with Gasteiger partial charge in [-0.2, -0.15) is 0 Å². The van der Waals surface area contributed by atoms with Crippen LogP contribution in [0.4, 0.5) is 0 Å². The van der Waals surface area contributed by atoms with Crippen LogP contribution in [0.15, 0.2) is 59.8 Å². The summed E-state index contributed by atoms with van der Waals surface area (Å²) >= 11 is 1.66. The molecular formula is C21H25N5OS. The number of carbonyl (C=O) groups excluding carboxylic acids is 1. The van der Waals surface area contributed by atoms with E-state index in [2.05, 4.69) is 32.5 Å². The van der Waals surface area contributed by atoms with E-state index < -0.39 is 0 Å². The summed E-state index contributed by atoms with van der Waals surface area (Å²) in [7, 11) is 6.02. The van der Waals surface area contributed by atoms with Crippen molar-refractivity contribution in [2.45, 2.75) is 11.7 Å². The Morgan fingerprint density at radius 3 is 2.39 bits per heavy atom. The predicted molar refractivity (Wildman–Crippen MR) is 113 cm³/mol. The average molecular weight is 396 g/mol. The standard InChI is InChI=1S/C21H25N5OS/c1-25(2)13-14-28-21-24-23-19(26(21)3)15-22-20(27)18-11-9-17(10-12-18)16-7-5-4-6-8-16/h4-12H,13-15H2,1-3H3,(H,22,27). The molecule has 1 N–H and O–H groups in total. The van der Waals surface area contributed by atoms with Gasteiger partial charge in [0.2, 0.25) is 0 Å². The lowest BCUT2D eigenvalue weighted by Crippen LogP contribution is -2.24. The summed E-state index contributed by atoms with van der Waals surface area (Å²) in [6.07, 6.45) is 0. The molecule has 28 heavy (non-hydrogen) atoms. The maximum atomic E-state index is 12.5. The fraction of sp³-hybridized carbons (Fsp3) is 0.286. The second-order valence-electron chi connectivity index (χ2n) is 6.74. The molecule has 3 rings (SSSR count). The Labute approximate surface area is 170 Å². The SMILES string of the molecule is CN(C)CCSc1nnc(CNC(=O)c2ccc(-c3ccccc3)cc2)n1C. The Bertz CT molecular complexity index is 906. The largest absolute Gasteiger partial charge is 0.345 e. The van der Waals surface area contributed by atoms with Crippen molar-refractivity contribution in [2.24, 2.45) is 7.05 Å². The highest BCUT2D eigenvalue weighted by Gasteiger charge is 2.12. The van der Waals surface area contributed by atoms with Gasteiger partial charge in [-0.05, 0) is 37.4 Å². The van der Waals surface area contributed by atoms with Gasteiger partial charge < -0.3 is 14.8 Å². The molecule has 0 bridgehead atoms. The van der Waals surface area contributed by atoms with E-state index in [0.29, 0.717) is 12.1 Å². The number of carbonyl (C=O) groups is 1. The van der Waals surface area contributed by atoms with Gasteiger partial charge >= 0.3 is 0 Å². The van der Waals surface area contributed by atoms with E-state index >= 15 is 0 Å². The molecular weight excluding hydrogens is 370 g/mol. The molecule has 0 spiro atoms. The molecule has 3 aromatic rings. The molecule has 146 valence electrons. The highest BCUT2D eigenvalue weighted by molar-refractivity contribution is 7.99. The summed E-state index contributed by atoms with van der Waals surface area (Å²) in [5.74, 6) is 1.56. The highest BCUT2D eigenvalue weighted by Crippen LogP contribution is 2.19. The minimum atomic E-state index is -0.121. The Balaban J connectivity index is 1.56. The summed E-state index contributed by atoms with van der Waals surface area (Å²) in [6, 6.07) is 17.7. The maximum Gasteiger partial charge on any atom is 0.251 e. The highest BCUT2D eigenvalue weighted by atomic mass is 32.2. The van der Waals surface area contributed by atoms with E-state index in [1.165, 1.54) is 0 Å². The first kappa shape index (κ1) is 20.1. The number of hydrogen-bond acceptors (Lipinski definition) is 5. The molecule has 0 saturated heterocycles. The Hall–Kier alpha value is -2.64. The van der Waals surface area contributed by atoms with Crippen LogP contribution in [0.3, 0.4) is 0 Å². The molecule has 0 atom stereocenters. The van der Waals surface area contributed by atoms with Crippen molar-refractivity contribution < 1.29 is 4.79 Å². The summed E-state index contributed by atoms with van der Waals surface area (Å²) in [4.78, 5) is 14.6. The van der Waals surface area contributed by atoms with Gasteiger partial charge in [0.1, 0.15) is 0 Å². The van der Waals surface area contributed by atoms with E-state index in [4.69, 9.17) is 0 Å². The molecule has 7 heteroatoms. The lowest BCUT2D eigenvalue weighted by Gasteiger charge is -2.09. The molecule has 1 heterocycles. The molecule has 0 unspecified atom stereocenters. The number of nitrogens with zero attached hydrogens (tertiary/aromatic N) is 4. The van der Waals surface area contributed by atoms with Crippen LogP contribution in [0.2, 0.25) is 0 Å². The maximum absolute atomic E-state index is 12.5. The second-order valence-corrected chi connectivity index (χ2v) is 7.80. The third-order valence-corrected chi connectivity index (χ3v) is 5.36. The number of benzene rings is 2. The van der Waals surface area contributed by atoms with Crippen LogP contribution >= 0.6 is 11.8 Å². The fourth-order valence-electron chi connectivity index (χ4n) is 2.65. The zero-order chi connectivity index (χ0) is 19.9. The Morgan fingerprint density at radius 2 is 1.71 bits per heavy atom. The zero-order valence-electron chi connectivity index (χ0n) is 16.4. The second kappa shape index (κ2) is 9.52. The lowest BCUT2D eigenvalue weighted by atomic mass is 10.0. The van der Waals surface area contributed by atoms with Gasteiger partial charge in [0.05, 0.1) is 6.54 Å². The van der Waals surface area contributed by atoms with E-state index in [0.717, 1.165) is 34.4 Å². The summed E-state index contributed by atoms with van der Waals surface area (Å²) in [6.45, 7) is 1.32. The predicted octanol–water partition coefficient (Wildman–Crippen LogP) is 3.07. The Morgan fingerprint density at radius 1 is 1.04 bits per heavy atom. The third kappa shape index (κ3) is 5.21. The summed E-state index contributed by atoms with van der Waals surface area (Å²) in [5, 5.41) is 12.2. The van der Waals surface area contributed by atoms with Gasteiger partial charge in [0.25, 0.3) is 5.91 Å². The molecule has 0 radical (unpaired) electrons. The van der Waals surface area contributed by atoms with E-state index in [-0.39, 0.29) is 5.91 Å². The van der Waals surface area contributed by atoms with Crippen molar-refractivity contribution in [3.63, 3.8) is 0 Å². The van der Waals surface area contributed by atoms with E-state index in [1.54, 1.807) is 11.8 Å². The van der Waals surface area contributed by atoms with Gasteiger partial charge in [-0.25, -0.2) is 0 Å². The number of nitrogens with one attached hydrogen (secondary N) is 1. The molecule has 1 amide bonds. The van der Waals surface area contributed by atoms with Crippen molar-refractivity contribution in [3.8, 4) is 11.1 Å². The van der Waals surface area contributed by atoms with Gasteiger partial charge in [0, 0.05) is 24.9 Å². The molecule has 2 aromatic carbocycles. The van der Waals surface area contributed by atoms with Crippen LogP contribution < -0.4 is 5.32 Å². The fourth-order valence-corrected chi connectivity index (χ4v) is 3.69. The smallest absolute Gasteiger partial charge is 0.251 e. The van der Waals surface area contributed by atoms with Gasteiger partial charge in [-0.1, -0.05) is 54.2 Å². The topological polar surface area (TPSA) is 63.1 Å². The number of aromatic nitrogens is 3. The lowest BCUT2D eigenvalue weighted by molar-refractivity contribution is 0.0949. The van der Waals surface area contributed by atoms with E-state index in [1.807, 2.05) is 68.2 Å². The van der Waals surface area contributed by atoms with Crippen molar-refractivity contribution in [2.75, 3.05) is 26.4 Å². The molecule has 0 aliphatic rings. The molecule has 0 aliphatic carbocycles. The average Bonchev–Trinajstić information content (AvgIpc) is 3.06. The summed E-state index contributed by atoms with van der Waals surface area (Å²) in [5.41, 5.74) is 2.85. The molecule has 1 aromatic heterocycles. The van der Waals surface area contributed by atoms with Crippen LogP contribution in [0, 0.1) is 0 Å². The van der Waals surface area contributed by atoms with Gasteiger partial charge in [-0.3, -0.25) is 4.79 Å². The molecule has 0 fully saturated rings. The van der Waals surface area contributed by atoms with Crippen LogP contribution in [0.25, 0.3) is 11.1 Å². The molecule has 0 saturated carbocycles. The molecule has 6 nitrogen and oxygen atoms in total. The molecule has 0 aliphatic heterocycles. The first-order valence-electron chi connectivity index (χ1n) is 9.14. The van der Waals surface area contributed by atoms with Crippen molar-refractivity contribution in [1.82, 2.24) is 25.0 Å². The van der Waals surface area contributed by atoms with E-state index in [9.17, 15) is 4.79 Å². The first-order chi connectivity index (χ1) is 13.5. The summed E-state index contributed by atoms with van der Waals surface area (Å²) < 4.78 is 1.93. The first-order valence-corrected chi connectivity index (χ1v) is 10.1. The van der Waals surface area contributed by atoms with Crippen molar-refractivity contribution in [3.05, 3.63) is 66.0 Å². The number of rotatable bonds is 8. The quantitative estimate of drug-likeness (QED) is 0.594. The number of hydrogen-bond donors (Lipinski definition) is 1. The van der Waals surface area contributed by atoms with Gasteiger partial charge in [-0.15, -0.1) is 10.2 Å². The van der Waals surface area contributed by atoms with Crippen LogP contribution in [0.5, 0.6) is 0 Å². The minimum Gasteiger partial charge on any atom is -0.345 e. The number of amides is 1. The van der Waals surface area contributed by atoms with Crippen LogP contribution in [-0.4, -0.2) is 52.0 Å². The Kier molecular flexibility index (Phi) is 6.84. The van der Waals surface area contributed by atoms with Crippen LogP contribution in [-0.2, 0) is 13.6 Å². The zero-order valence-corrected chi connectivity index (χ0v) is 17.2. The van der Waals surface area contributed by atoms with Crippen molar-refractivity contribution in [1.29, 1.82) is 0 Å². The van der Waals surface area contributed by atoms with Gasteiger partial charge in [0.15, 0.2) is 11.0 Å².